The highest BCUT2D eigenvalue weighted by atomic mass is 15.2. The summed E-state index contributed by atoms with van der Waals surface area (Å²) in [6, 6.07) is 10.1. The van der Waals surface area contributed by atoms with Crippen molar-refractivity contribution >= 4 is 23.0 Å². The van der Waals surface area contributed by atoms with Gasteiger partial charge in [-0.05, 0) is 73.1 Å². The van der Waals surface area contributed by atoms with Gasteiger partial charge in [-0.2, -0.15) is 5.10 Å². The van der Waals surface area contributed by atoms with Gasteiger partial charge in [-0.3, -0.25) is 5.41 Å². The van der Waals surface area contributed by atoms with Gasteiger partial charge in [0.1, 0.15) is 11.5 Å². The first-order valence-corrected chi connectivity index (χ1v) is 11.2. The number of imidazole rings is 1. The molecule has 8 heteroatoms. The minimum Gasteiger partial charge on any atom is -0.384 e. The highest BCUT2D eigenvalue weighted by Crippen LogP contribution is 2.39. The summed E-state index contributed by atoms with van der Waals surface area (Å²) in [5.74, 6) is 1.50. The Morgan fingerprint density at radius 2 is 1.88 bits per heavy atom. The molecule has 0 saturated heterocycles. The van der Waals surface area contributed by atoms with Crippen LogP contribution in [0.25, 0.3) is 5.65 Å². The molecule has 5 rings (SSSR count). The lowest BCUT2D eigenvalue weighted by atomic mass is 9.99. The molecule has 0 bridgehead atoms. The summed E-state index contributed by atoms with van der Waals surface area (Å²) in [6.07, 6.45) is 8.58. The van der Waals surface area contributed by atoms with Crippen molar-refractivity contribution in [3.8, 4) is 0 Å². The van der Waals surface area contributed by atoms with Gasteiger partial charge in [0.25, 0.3) is 0 Å². The van der Waals surface area contributed by atoms with E-state index in [-0.39, 0.29) is 5.84 Å². The van der Waals surface area contributed by atoms with Crippen molar-refractivity contribution < 1.29 is 0 Å². The Kier molecular flexibility index (Phi) is 5.42. The van der Waals surface area contributed by atoms with Crippen LogP contribution in [-0.2, 0) is 13.1 Å². The summed E-state index contributed by atoms with van der Waals surface area (Å²) in [5.41, 5.74) is 13.9. The van der Waals surface area contributed by atoms with Crippen LogP contribution in [0.2, 0.25) is 0 Å². The molecule has 1 aromatic carbocycles. The van der Waals surface area contributed by atoms with Crippen LogP contribution < -0.4 is 16.4 Å². The van der Waals surface area contributed by atoms with E-state index in [0.29, 0.717) is 18.9 Å². The Hall–Kier alpha value is -3.94. The Morgan fingerprint density at radius 1 is 1.09 bits per heavy atom. The van der Waals surface area contributed by atoms with E-state index in [1.165, 1.54) is 18.4 Å². The number of amidine groups is 1. The topological polar surface area (TPSA) is 117 Å². The van der Waals surface area contributed by atoms with Crippen LogP contribution in [0.3, 0.4) is 0 Å². The number of fused-ring (bicyclic) bond motifs is 1. The normalized spacial score (nSPS) is 13.3. The molecule has 0 spiro atoms. The van der Waals surface area contributed by atoms with Crippen LogP contribution in [0, 0.1) is 19.3 Å². The molecule has 3 heterocycles. The maximum atomic E-state index is 7.65. The zero-order valence-corrected chi connectivity index (χ0v) is 18.9. The Labute approximate surface area is 192 Å². The highest BCUT2D eigenvalue weighted by Gasteiger charge is 2.23. The number of aryl methyl sites for hydroxylation is 2. The summed E-state index contributed by atoms with van der Waals surface area (Å²) >= 11 is 0. The fourth-order valence-electron chi connectivity index (χ4n) is 4.15. The first kappa shape index (κ1) is 20.9. The van der Waals surface area contributed by atoms with Gasteiger partial charge in [0.2, 0.25) is 0 Å². The van der Waals surface area contributed by atoms with E-state index >= 15 is 0 Å². The smallest absolute Gasteiger partial charge is 0.150 e. The van der Waals surface area contributed by atoms with Crippen molar-refractivity contribution in [1.29, 1.82) is 5.41 Å². The van der Waals surface area contributed by atoms with Crippen LogP contribution in [-0.4, -0.2) is 25.4 Å². The average Bonchev–Trinajstić information content (AvgIpc) is 3.56. The van der Waals surface area contributed by atoms with Gasteiger partial charge in [-0.1, -0.05) is 6.07 Å². The molecule has 3 aromatic heterocycles. The van der Waals surface area contributed by atoms with E-state index in [1.807, 2.05) is 32.0 Å². The number of nitrogens with one attached hydrogen (secondary N) is 3. The number of nitrogen functional groups attached to an aromatic ring is 1. The van der Waals surface area contributed by atoms with Crippen molar-refractivity contribution in [2.45, 2.75) is 45.7 Å². The van der Waals surface area contributed by atoms with Crippen molar-refractivity contribution in [2.24, 2.45) is 5.73 Å². The average molecular weight is 441 g/mol. The zero-order chi connectivity index (χ0) is 22.9. The lowest BCUT2D eigenvalue weighted by molar-refractivity contribution is 0.982. The van der Waals surface area contributed by atoms with Gasteiger partial charge >= 0.3 is 0 Å². The predicted octanol–water partition coefficient (Wildman–Crippen LogP) is 4.13. The largest absolute Gasteiger partial charge is 0.384 e. The summed E-state index contributed by atoms with van der Waals surface area (Å²) in [6.45, 7) is 5.28. The van der Waals surface area contributed by atoms with Crippen molar-refractivity contribution in [3.63, 3.8) is 0 Å². The third kappa shape index (κ3) is 4.64. The monoisotopic (exact) mass is 440 g/mol. The maximum absolute atomic E-state index is 7.65. The molecule has 4 aromatic rings. The standard InChI is InChI=1S/C25H28N8/c1-15-7-19(25(26)27)8-16(2)22(15)12-29-23-9-20(11-30-32-23)28-10-21-14-33-13-18(17-3-4-17)5-6-24(33)31-21/h5-9,11,13-14,17H,3-4,10,12H2,1-2H3,(H3,26,27)(H2,28,29,32). The Morgan fingerprint density at radius 3 is 2.61 bits per heavy atom. The van der Waals surface area contributed by atoms with Crippen molar-refractivity contribution in [1.82, 2.24) is 19.6 Å². The number of rotatable bonds is 8. The molecule has 1 aliphatic rings. The van der Waals surface area contributed by atoms with Gasteiger partial charge < -0.3 is 20.8 Å². The van der Waals surface area contributed by atoms with E-state index in [1.54, 1.807) is 6.20 Å². The van der Waals surface area contributed by atoms with E-state index in [2.05, 4.69) is 49.8 Å². The number of hydrogen-bond acceptors (Lipinski definition) is 6. The molecule has 1 saturated carbocycles. The highest BCUT2D eigenvalue weighted by molar-refractivity contribution is 5.95. The second kappa shape index (κ2) is 8.54. The molecular weight excluding hydrogens is 412 g/mol. The molecule has 5 N–H and O–H groups in total. The molecular formula is C25H28N8. The second-order valence-corrected chi connectivity index (χ2v) is 8.77. The molecule has 8 nitrogen and oxygen atoms in total. The molecule has 168 valence electrons. The third-order valence-corrected chi connectivity index (χ3v) is 6.15. The van der Waals surface area contributed by atoms with E-state index in [0.717, 1.165) is 45.2 Å². The SMILES string of the molecule is Cc1cc(C(=N)N)cc(C)c1CNc1cc(NCc2cn3cc(C4CC4)ccc3n2)cnn1. The molecule has 0 radical (unpaired) electrons. The first-order valence-electron chi connectivity index (χ1n) is 11.2. The molecule has 0 atom stereocenters. The molecule has 0 aliphatic heterocycles. The molecule has 33 heavy (non-hydrogen) atoms. The van der Waals surface area contributed by atoms with Crippen molar-refractivity contribution in [3.05, 3.63) is 82.4 Å². The van der Waals surface area contributed by atoms with Gasteiger partial charge in [0.05, 0.1) is 24.1 Å². The Balaban J connectivity index is 1.23. The van der Waals surface area contributed by atoms with Crippen LogP contribution in [0.5, 0.6) is 0 Å². The molecule has 0 amide bonds. The lowest BCUT2D eigenvalue weighted by Gasteiger charge is -2.14. The molecule has 0 unspecified atom stereocenters. The summed E-state index contributed by atoms with van der Waals surface area (Å²) in [4.78, 5) is 4.71. The minimum atomic E-state index is 0.0827. The zero-order valence-electron chi connectivity index (χ0n) is 18.9. The third-order valence-electron chi connectivity index (χ3n) is 6.15. The van der Waals surface area contributed by atoms with Gasteiger partial charge in [0, 0.05) is 30.6 Å². The number of pyridine rings is 1. The van der Waals surface area contributed by atoms with Gasteiger partial charge in [0.15, 0.2) is 5.82 Å². The summed E-state index contributed by atoms with van der Waals surface area (Å²) in [5, 5.41) is 22.7. The quantitative estimate of drug-likeness (QED) is 0.242. The summed E-state index contributed by atoms with van der Waals surface area (Å²) in [7, 11) is 0. The maximum Gasteiger partial charge on any atom is 0.150 e. The van der Waals surface area contributed by atoms with Crippen LogP contribution in [0.4, 0.5) is 11.5 Å². The molecule has 1 aliphatic carbocycles. The van der Waals surface area contributed by atoms with Crippen molar-refractivity contribution in [2.75, 3.05) is 10.6 Å². The fraction of sp³-hybridized carbons (Fsp3) is 0.280. The number of benzene rings is 1. The number of hydrogen-bond donors (Lipinski definition) is 4. The van der Waals surface area contributed by atoms with Crippen LogP contribution in [0.1, 0.15) is 52.3 Å². The summed E-state index contributed by atoms with van der Waals surface area (Å²) < 4.78 is 2.12. The van der Waals surface area contributed by atoms with Crippen LogP contribution in [0.15, 0.2) is 48.9 Å². The molecule has 1 fully saturated rings. The lowest BCUT2D eigenvalue weighted by Crippen LogP contribution is -2.13. The van der Waals surface area contributed by atoms with Crippen LogP contribution >= 0.6 is 0 Å². The van der Waals surface area contributed by atoms with E-state index < -0.39 is 0 Å². The van der Waals surface area contributed by atoms with Gasteiger partial charge in [-0.15, -0.1) is 5.10 Å². The number of nitrogens with two attached hydrogens (primary N) is 1. The number of anilines is 2. The van der Waals surface area contributed by atoms with E-state index in [9.17, 15) is 0 Å². The predicted molar refractivity (Wildman–Crippen MR) is 131 cm³/mol. The minimum absolute atomic E-state index is 0.0827. The fourth-order valence-corrected chi connectivity index (χ4v) is 4.15. The Bertz CT molecular complexity index is 1310. The first-order chi connectivity index (χ1) is 16.0. The number of aromatic nitrogens is 4. The van der Waals surface area contributed by atoms with Gasteiger partial charge in [-0.25, -0.2) is 4.98 Å². The number of nitrogens with zero attached hydrogens (tertiary/aromatic N) is 4. The van der Waals surface area contributed by atoms with E-state index in [4.69, 9.17) is 16.1 Å². The second-order valence-electron chi connectivity index (χ2n) is 8.77.